The molecule has 12 heavy (non-hydrogen) atoms. The van der Waals surface area contributed by atoms with Crippen LogP contribution < -0.4 is 11.5 Å². The van der Waals surface area contributed by atoms with Crippen molar-refractivity contribution < 1.29 is 14.3 Å². The van der Waals surface area contributed by atoms with Crippen LogP contribution in [0.25, 0.3) is 0 Å². The molecule has 0 spiro atoms. The van der Waals surface area contributed by atoms with E-state index in [1.54, 1.807) is 0 Å². The maximum Gasteiger partial charge on any atom is 0.305 e. The van der Waals surface area contributed by atoms with Crippen LogP contribution >= 0.6 is 0 Å². The van der Waals surface area contributed by atoms with Crippen molar-refractivity contribution in [3.63, 3.8) is 0 Å². The fraction of sp³-hybridized carbons (Fsp3) is 0.286. The molecule has 1 atom stereocenters. The van der Waals surface area contributed by atoms with Crippen molar-refractivity contribution in [2.45, 2.75) is 12.5 Å². The topological polar surface area (TPSA) is 102 Å². The van der Waals surface area contributed by atoms with E-state index in [0.29, 0.717) is 11.4 Å². The van der Waals surface area contributed by atoms with Crippen LogP contribution in [0.15, 0.2) is 16.7 Å². The van der Waals surface area contributed by atoms with Gasteiger partial charge in [0.15, 0.2) is 0 Å². The molecule has 66 valence electrons. The zero-order chi connectivity index (χ0) is 9.14. The van der Waals surface area contributed by atoms with Gasteiger partial charge >= 0.3 is 5.97 Å². The molecule has 5 heteroatoms. The number of carbonyl (C=O) groups is 1. The summed E-state index contributed by atoms with van der Waals surface area (Å²) in [6.45, 7) is 0. The van der Waals surface area contributed by atoms with Crippen molar-refractivity contribution in [3.05, 3.63) is 18.1 Å². The number of nitrogens with two attached hydrogens (primary N) is 2. The average molecular weight is 170 g/mol. The Hall–Kier alpha value is -1.49. The van der Waals surface area contributed by atoms with Gasteiger partial charge in [0.05, 0.1) is 18.2 Å². The highest BCUT2D eigenvalue weighted by Crippen LogP contribution is 2.18. The van der Waals surface area contributed by atoms with E-state index in [1.807, 2.05) is 0 Å². The van der Waals surface area contributed by atoms with Gasteiger partial charge in [0, 0.05) is 6.07 Å². The van der Waals surface area contributed by atoms with Crippen LogP contribution in [-0.4, -0.2) is 11.1 Å². The molecule has 0 saturated heterocycles. The molecule has 0 aliphatic rings. The predicted molar refractivity (Wildman–Crippen MR) is 42.3 cm³/mol. The minimum Gasteiger partial charge on any atom is -0.481 e. The quantitative estimate of drug-likeness (QED) is 0.606. The molecule has 5 nitrogen and oxygen atoms in total. The number of anilines is 1. The average Bonchev–Trinajstić information content (AvgIpc) is 2.34. The van der Waals surface area contributed by atoms with Gasteiger partial charge in [0.25, 0.3) is 0 Å². The number of nitrogen functional groups attached to an aromatic ring is 1. The van der Waals surface area contributed by atoms with Crippen LogP contribution in [0.1, 0.15) is 18.2 Å². The summed E-state index contributed by atoms with van der Waals surface area (Å²) in [6, 6.07) is 0.896. The van der Waals surface area contributed by atoms with Crippen LogP contribution in [0.4, 0.5) is 5.69 Å². The third kappa shape index (κ3) is 2.00. The smallest absolute Gasteiger partial charge is 0.305 e. The van der Waals surface area contributed by atoms with Crippen molar-refractivity contribution in [1.29, 1.82) is 0 Å². The van der Waals surface area contributed by atoms with E-state index in [-0.39, 0.29) is 6.42 Å². The number of furan rings is 1. The molecule has 1 rings (SSSR count). The third-order valence-electron chi connectivity index (χ3n) is 1.40. The fourth-order valence-corrected chi connectivity index (χ4v) is 0.852. The molecule has 5 N–H and O–H groups in total. The highest BCUT2D eigenvalue weighted by Gasteiger charge is 2.13. The van der Waals surface area contributed by atoms with Crippen molar-refractivity contribution in [2.24, 2.45) is 5.73 Å². The van der Waals surface area contributed by atoms with E-state index in [9.17, 15) is 4.79 Å². The van der Waals surface area contributed by atoms with Gasteiger partial charge in [-0.05, 0) is 0 Å². The van der Waals surface area contributed by atoms with Gasteiger partial charge in [-0.2, -0.15) is 0 Å². The molecule has 1 aromatic rings. The molecule has 0 fully saturated rings. The van der Waals surface area contributed by atoms with Gasteiger partial charge in [0.2, 0.25) is 0 Å². The van der Waals surface area contributed by atoms with Gasteiger partial charge in [0.1, 0.15) is 12.0 Å². The van der Waals surface area contributed by atoms with Crippen molar-refractivity contribution >= 4 is 11.7 Å². The van der Waals surface area contributed by atoms with E-state index >= 15 is 0 Å². The molecular weight excluding hydrogens is 160 g/mol. The molecular formula is C7H10N2O3. The molecule has 0 unspecified atom stereocenters. The van der Waals surface area contributed by atoms with Gasteiger partial charge < -0.3 is 21.0 Å². The number of rotatable bonds is 3. The monoisotopic (exact) mass is 170 g/mol. The molecule has 0 bridgehead atoms. The van der Waals surface area contributed by atoms with Crippen LogP contribution in [-0.2, 0) is 4.79 Å². The number of hydrogen-bond acceptors (Lipinski definition) is 4. The maximum absolute atomic E-state index is 10.2. The van der Waals surface area contributed by atoms with Crippen molar-refractivity contribution in [1.82, 2.24) is 0 Å². The lowest BCUT2D eigenvalue weighted by Gasteiger charge is -2.03. The minimum absolute atomic E-state index is 0.160. The van der Waals surface area contributed by atoms with E-state index < -0.39 is 12.0 Å². The first-order valence-electron chi connectivity index (χ1n) is 3.41. The van der Waals surface area contributed by atoms with Crippen LogP contribution in [0.5, 0.6) is 0 Å². The number of carboxylic acid groups (broad SMARTS) is 1. The predicted octanol–water partition coefficient (Wildman–Crippen LogP) is 0.336. The Balaban J connectivity index is 2.64. The summed E-state index contributed by atoms with van der Waals surface area (Å²) in [7, 11) is 0. The second-order valence-electron chi connectivity index (χ2n) is 2.49. The summed E-state index contributed by atoms with van der Waals surface area (Å²) in [5, 5.41) is 8.40. The van der Waals surface area contributed by atoms with E-state index in [4.69, 9.17) is 21.0 Å². The van der Waals surface area contributed by atoms with E-state index in [1.165, 1.54) is 12.3 Å². The first-order valence-corrected chi connectivity index (χ1v) is 3.41. The summed E-state index contributed by atoms with van der Waals surface area (Å²) in [5.74, 6) is -0.563. The Morgan fingerprint density at radius 1 is 1.75 bits per heavy atom. The Kier molecular flexibility index (Phi) is 2.35. The Morgan fingerprint density at radius 2 is 2.42 bits per heavy atom. The second kappa shape index (κ2) is 3.27. The van der Waals surface area contributed by atoms with Gasteiger partial charge in [-0.3, -0.25) is 4.79 Å². The Morgan fingerprint density at radius 3 is 2.83 bits per heavy atom. The zero-order valence-electron chi connectivity index (χ0n) is 6.36. The first-order chi connectivity index (χ1) is 5.59. The van der Waals surface area contributed by atoms with Crippen LogP contribution in [0, 0.1) is 0 Å². The van der Waals surface area contributed by atoms with Gasteiger partial charge in [-0.25, -0.2) is 0 Å². The maximum atomic E-state index is 10.2. The standard InChI is InChI=1S/C7H10N2O3/c8-4-1-6(12-3-4)5(9)2-7(10)11/h1,3,5H,2,8-9H2,(H,10,11)/t5-/m1/s1. The lowest BCUT2D eigenvalue weighted by molar-refractivity contribution is -0.137. The summed E-state index contributed by atoms with van der Waals surface area (Å²) in [5.41, 5.74) is 11.3. The molecule has 0 aromatic carbocycles. The summed E-state index contributed by atoms with van der Waals surface area (Å²) < 4.78 is 4.91. The van der Waals surface area contributed by atoms with Crippen LogP contribution in [0.2, 0.25) is 0 Å². The first kappa shape index (κ1) is 8.61. The van der Waals surface area contributed by atoms with Crippen molar-refractivity contribution in [2.75, 3.05) is 5.73 Å². The summed E-state index contributed by atoms with van der Waals surface area (Å²) in [6.07, 6.45) is 1.17. The lowest BCUT2D eigenvalue weighted by Crippen LogP contribution is -2.14. The molecule has 1 heterocycles. The van der Waals surface area contributed by atoms with E-state index in [0.717, 1.165) is 0 Å². The fourth-order valence-electron chi connectivity index (χ4n) is 0.852. The molecule has 0 aliphatic heterocycles. The van der Waals surface area contributed by atoms with Crippen molar-refractivity contribution in [3.8, 4) is 0 Å². The van der Waals surface area contributed by atoms with E-state index in [2.05, 4.69) is 0 Å². The van der Waals surface area contributed by atoms with Gasteiger partial charge in [-0.1, -0.05) is 0 Å². The number of aliphatic carboxylic acids is 1. The molecule has 1 aromatic heterocycles. The Labute approximate surface area is 69.0 Å². The SMILES string of the molecule is Nc1coc([C@H](N)CC(=O)O)c1. The minimum atomic E-state index is -0.961. The lowest BCUT2D eigenvalue weighted by atomic mass is 10.2. The molecule has 0 aliphatic carbocycles. The zero-order valence-corrected chi connectivity index (χ0v) is 6.36. The summed E-state index contributed by atoms with van der Waals surface area (Å²) >= 11 is 0. The molecule has 0 saturated carbocycles. The molecule has 0 radical (unpaired) electrons. The third-order valence-corrected chi connectivity index (χ3v) is 1.40. The normalized spacial score (nSPS) is 12.8. The number of carboxylic acids is 1. The highest BCUT2D eigenvalue weighted by atomic mass is 16.4. The largest absolute Gasteiger partial charge is 0.481 e. The summed E-state index contributed by atoms with van der Waals surface area (Å²) in [4.78, 5) is 10.2. The highest BCUT2D eigenvalue weighted by molar-refractivity contribution is 5.67. The number of hydrogen-bond donors (Lipinski definition) is 3. The Bertz CT molecular complexity index is 282. The van der Waals surface area contributed by atoms with Gasteiger partial charge in [-0.15, -0.1) is 0 Å². The van der Waals surface area contributed by atoms with Crippen LogP contribution in [0.3, 0.4) is 0 Å². The second-order valence-corrected chi connectivity index (χ2v) is 2.49. The molecule has 0 amide bonds.